The van der Waals surface area contributed by atoms with E-state index in [1.807, 2.05) is 0 Å². The van der Waals surface area contributed by atoms with Crippen LogP contribution in [0.25, 0.3) is 0 Å². The SMILES string of the molecule is CSCCC(NC(=O)C(N)CC(=O)O)C(=O)NC(Cc1ccc(O)cc1)C(=O)NC(CCC(=O)O)C(=O)O. The maximum absolute atomic E-state index is 13.1. The van der Waals surface area contributed by atoms with Crippen molar-refractivity contribution in [3.8, 4) is 5.75 Å². The summed E-state index contributed by atoms with van der Waals surface area (Å²) in [7, 11) is 0. The molecule has 0 spiro atoms. The standard InChI is InChI=1S/C23H32N4O10S/c1-38-9-8-15(25-20(33)14(24)11-19(31)32)21(34)27-17(10-12-2-4-13(28)5-3-12)22(35)26-16(23(36)37)6-7-18(29)30/h2-5,14-17,28H,6-11,24H2,1H3,(H,25,33)(H,26,35)(H,27,34)(H,29,30)(H,31,32)(H,36,37). The number of carbonyl (C=O) groups excluding carboxylic acids is 3. The number of hydrogen-bond donors (Lipinski definition) is 8. The van der Waals surface area contributed by atoms with Gasteiger partial charge in [-0.3, -0.25) is 24.0 Å². The number of phenols is 1. The van der Waals surface area contributed by atoms with Gasteiger partial charge >= 0.3 is 17.9 Å². The lowest BCUT2D eigenvalue weighted by atomic mass is 10.0. The van der Waals surface area contributed by atoms with Crippen molar-refractivity contribution in [2.24, 2.45) is 5.73 Å². The van der Waals surface area contributed by atoms with E-state index in [1.54, 1.807) is 6.26 Å². The number of aromatic hydroxyl groups is 1. The molecule has 0 saturated heterocycles. The molecule has 0 aliphatic rings. The molecule has 0 aromatic heterocycles. The van der Waals surface area contributed by atoms with Crippen molar-refractivity contribution in [1.29, 1.82) is 0 Å². The molecule has 9 N–H and O–H groups in total. The van der Waals surface area contributed by atoms with Crippen LogP contribution in [0.5, 0.6) is 5.75 Å². The number of rotatable bonds is 17. The normalized spacial score (nSPS) is 13.8. The molecule has 3 amide bonds. The molecule has 0 fully saturated rings. The van der Waals surface area contributed by atoms with Crippen molar-refractivity contribution in [2.45, 2.75) is 56.3 Å². The Morgan fingerprint density at radius 3 is 1.89 bits per heavy atom. The number of hydrogen-bond acceptors (Lipinski definition) is 9. The predicted octanol–water partition coefficient (Wildman–Crippen LogP) is -1.11. The first-order valence-electron chi connectivity index (χ1n) is 11.4. The molecule has 1 rings (SSSR count). The molecule has 0 aliphatic heterocycles. The van der Waals surface area contributed by atoms with Crippen molar-refractivity contribution in [1.82, 2.24) is 16.0 Å². The van der Waals surface area contributed by atoms with Crippen LogP contribution in [-0.2, 0) is 35.2 Å². The molecule has 1 aromatic rings. The van der Waals surface area contributed by atoms with E-state index in [1.165, 1.54) is 36.0 Å². The molecule has 210 valence electrons. The van der Waals surface area contributed by atoms with Crippen LogP contribution < -0.4 is 21.7 Å². The van der Waals surface area contributed by atoms with Gasteiger partial charge in [0.05, 0.1) is 12.5 Å². The molecule has 38 heavy (non-hydrogen) atoms. The Labute approximate surface area is 222 Å². The smallest absolute Gasteiger partial charge is 0.326 e. The minimum Gasteiger partial charge on any atom is -0.508 e. The van der Waals surface area contributed by atoms with Crippen LogP contribution in [0.3, 0.4) is 0 Å². The highest BCUT2D eigenvalue weighted by Gasteiger charge is 2.31. The highest BCUT2D eigenvalue weighted by Crippen LogP contribution is 2.12. The fourth-order valence-electron chi connectivity index (χ4n) is 3.21. The largest absolute Gasteiger partial charge is 0.508 e. The van der Waals surface area contributed by atoms with Gasteiger partial charge in [0, 0.05) is 12.8 Å². The monoisotopic (exact) mass is 556 g/mol. The summed E-state index contributed by atoms with van der Waals surface area (Å²) in [6.07, 6.45) is 0.155. The predicted molar refractivity (Wildman–Crippen MR) is 135 cm³/mol. The first kappa shape index (κ1) is 32.2. The molecular weight excluding hydrogens is 524 g/mol. The van der Waals surface area contributed by atoms with Crippen molar-refractivity contribution in [3.05, 3.63) is 29.8 Å². The highest BCUT2D eigenvalue weighted by molar-refractivity contribution is 7.98. The lowest BCUT2D eigenvalue weighted by molar-refractivity contribution is -0.143. The third-order valence-corrected chi connectivity index (χ3v) is 5.89. The zero-order valence-electron chi connectivity index (χ0n) is 20.6. The molecular formula is C23H32N4O10S. The van der Waals surface area contributed by atoms with Gasteiger partial charge in [-0.15, -0.1) is 0 Å². The number of thioether (sulfide) groups is 1. The molecule has 15 heteroatoms. The fraction of sp³-hybridized carbons (Fsp3) is 0.478. The van der Waals surface area contributed by atoms with E-state index >= 15 is 0 Å². The molecule has 0 aliphatic carbocycles. The number of nitrogens with one attached hydrogen (secondary N) is 3. The number of nitrogens with two attached hydrogens (primary N) is 1. The van der Waals surface area contributed by atoms with E-state index in [9.17, 15) is 39.0 Å². The highest BCUT2D eigenvalue weighted by atomic mass is 32.2. The summed E-state index contributed by atoms with van der Waals surface area (Å²) in [5.41, 5.74) is 6.07. The van der Waals surface area contributed by atoms with E-state index in [4.69, 9.17) is 15.9 Å². The van der Waals surface area contributed by atoms with Gasteiger partial charge in [0.25, 0.3) is 0 Å². The van der Waals surface area contributed by atoms with Crippen molar-refractivity contribution >= 4 is 47.4 Å². The van der Waals surface area contributed by atoms with Crippen LogP contribution in [0, 0.1) is 0 Å². The van der Waals surface area contributed by atoms with Gasteiger partial charge in [-0.25, -0.2) is 4.79 Å². The lowest BCUT2D eigenvalue weighted by Gasteiger charge is -2.25. The first-order chi connectivity index (χ1) is 17.8. The van der Waals surface area contributed by atoms with E-state index in [0.717, 1.165) is 0 Å². The Morgan fingerprint density at radius 2 is 1.37 bits per heavy atom. The first-order valence-corrected chi connectivity index (χ1v) is 12.8. The second kappa shape index (κ2) is 16.1. The van der Waals surface area contributed by atoms with Crippen LogP contribution in [0.15, 0.2) is 24.3 Å². The van der Waals surface area contributed by atoms with Crippen LogP contribution in [0.1, 0.15) is 31.2 Å². The molecule has 0 radical (unpaired) electrons. The zero-order valence-corrected chi connectivity index (χ0v) is 21.4. The Balaban J connectivity index is 3.14. The van der Waals surface area contributed by atoms with Crippen LogP contribution in [0.2, 0.25) is 0 Å². The average Bonchev–Trinajstić information content (AvgIpc) is 2.83. The lowest BCUT2D eigenvalue weighted by Crippen LogP contribution is -2.57. The second-order valence-corrected chi connectivity index (χ2v) is 9.30. The number of carboxylic acids is 3. The minimum atomic E-state index is -1.54. The fourth-order valence-corrected chi connectivity index (χ4v) is 3.68. The summed E-state index contributed by atoms with van der Waals surface area (Å²) < 4.78 is 0. The van der Waals surface area contributed by atoms with Gasteiger partial charge in [-0.05, 0) is 42.5 Å². The van der Waals surface area contributed by atoms with Gasteiger partial charge < -0.3 is 42.1 Å². The van der Waals surface area contributed by atoms with Gasteiger partial charge in [0.2, 0.25) is 17.7 Å². The van der Waals surface area contributed by atoms with E-state index in [2.05, 4.69) is 16.0 Å². The van der Waals surface area contributed by atoms with E-state index in [-0.39, 0.29) is 18.6 Å². The van der Waals surface area contributed by atoms with Gasteiger partial charge in [0.1, 0.15) is 23.9 Å². The molecule has 0 heterocycles. The summed E-state index contributed by atoms with van der Waals surface area (Å²) in [5.74, 6) is -6.26. The maximum atomic E-state index is 13.1. The minimum absolute atomic E-state index is 0.0454. The maximum Gasteiger partial charge on any atom is 0.326 e. The molecule has 4 unspecified atom stereocenters. The molecule has 1 aromatic carbocycles. The second-order valence-electron chi connectivity index (χ2n) is 8.31. The third kappa shape index (κ3) is 11.9. The van der Waals surface area contributed by atoms with Crippen LogP contribution in [-0.4, -0.2) is 92.2 Å². The Bertz CT molecular complexity index is 1000. The molecule has 4 atom stereocenters. The Kier molecular flexibility index (Phi) is 13.6. The molecule has 0 saturated carbocycles. The molecule has 0 bridgehead atoms. The number of amides is 3. The number of carbonyl (C=O) groups is 6. The summed E-state index contributed by atoms with van der Waals surface area (Å²) in [5, 5.41) is 43.7. The van der Waals surface area contributed by atoms with Crippen molar-refractivity contribution in [3.63, 3.8) is 0 Å². The van der Waals surface area contributed by atoms with E-state index < -0.39 is 79.1 Å². The summed E-state index contributed by atoms with van der Waals surface area (Å²) in [4.78, 5) is 71.8. The van der Waals surface area contributed by atoms with Crippen LogP contribution >= 0.6 is 11.8 Å². The Morgan fingerprint density at radius 1 is 0.816 bits per heavy atom. The number of benzene rings is 1. The van der Waals surface area contributed by atoms with Gasteiger partial charge in [0.15, 0.2) is 0 Å². The molecule has 14 nitrogen and oxygen atoms in total. The number of carboxylic acid groups (broad SMARTS) is 3. The Hall–Kier alpha value is -3.85. The quantitative estimate of drug-likeness (QED) is 0.114. The third-order valence-electron chi connectivity index (χ3n) is 5.25. The summed E-state index contributed by atoms with van der Waals surface area (Å²) in [6, 6.07) is 0.177. The topological polar surface area (TPSA) is 245 Å². The summed E-state index contributed by atoms with van der Waals surface area (Å²) >= 11 is 1.37. The number of phenolic OH excluding ortho intramolecular Hbond substituents is 1. The van der Waals surface area contributed by atoms with Gasteiger partial charge in [-0.2, -0.15) is 11.8 Å². The number of aliphatic carboxylic acids is 3. The van der Waals surface area contributed by atoms with E-state index in [0.29, 0.717) is 11.3 Å². The van der Waals surface area contributed by atoms with Gasteiger partial charge in [-0.1, -0.05) is 12.1 Å². The van der Waals surface area contributed by atoms with Crippen LogP contribution in [0.4, 0.5) is 0 Å². The zero-order chi connectivity index (χ0) is 28.8. The summed E-state index contributed by atoms with van der Waals surface area (Å²) in [6.45, 7) is 0. The van der Waals surface area contributed by atoms with Crippen molar-refractivity contribution < 1.29 is 49.2 Å². The average molecular weight is 557 g/mol. The van der Waals surface area contributed by atoms with Crippen molar-refractivity contribution in [2.75, 3.05) is 12.0 Å².